The third kappa shape index (κ3) is 5.56. The first-order valence-electron chi connectivity index (χ1n) is 13.0. The van der Waals surface area contributed by atoms with Gasteiger partial charge in [0.15, 0.2) is 0 Å². The highest BCUT2D eigenvalue weighted by atomic mass is 32.1. The van der Waals surface area contributed by atoms with Gasteiger partial charge in [0.1, 0.15) is 17.3 Å². The van der Waals surface area contributed by atoms with Gasteiger partial charge in [0.05, 0.1) is 13.2 Å². The molecule has 1 N–H and O–H groups in total. The van der Waals surface area contributed by atoms with Gasteiger partial charge in [0.25, 0.3) is 0 Å². The zero-order chi connectivity index (χ0) is 24.4. The van der Waals surface area contributed by atoms with Gasteiger partial charge in [-0.3, -0.25) is 14.5 Å². The number of thiophene rings is 1. The van der Waals surface area contributed by atoms with Crippen LogP contribution in [0.1, 0.15) is 56.4 Å². The van der Waals surface area contributed by atoms with Crippen molar-refractivity contribution in [3.8, 4) is 5.75 Å². The molecular weight excluding hydrogens is 458 g/mol. The van der Waals surface area contributed by atoms with E-state index in [-0.39, 0.29) is 11.8 Å². The van der Waals surface area contributed by atoms with E-state index in [2.05, 4.69) is 54.4 Å². The molecular formula is C28H37N3O3S. The summed E-state index contributed by atoms with van der Waals surface area (Å²) in [5.41, 5.74) is 0.488. The van der Waals surface area contributed by atoms with Crippen molar-refractivity contribution in [1.82, 2.24) is 15.1 Å². The first-order valence-corrected chi connectivity index (χ1v) is 13.9. The Morgan fingerprint density at radius 2 is 1.83 bits per heavy atom. The van der Waals surface area contributed by atoms with Crippen LogP contribution >= 0.6 is 11.3 Å². The Balaban J connectivity index is 1.25. The molecule has 3 aliphatic rings. The zero-order valence-electron chi connectivity index (χ0n) is 20.9. The van der Waals surface area contributed by atoms with Crippen molar-refractivity contribution in [2.24, 2.45) is 11.8 Å². The number of amides is 2. The van der Waals surface area contributed by atoms with Gasteiger partial charge in [-0.25, -0.2) is 0 Å². The Hall–Kier alpha value is -2.38. The standard InChI is InChI=1S/C28H37N3O3S/c1-20(2)16-25-26(32)31(18-24-4-3-15-35-24)28(27(33)29-25)11-13-30(14-12-28)17-21-7-9-23(10-8-21)34-19-22-5-6-22/h3-4,7-10,15,20,22,25H,5-6,11-14,16-19H2,1-2H3,(H,29,33). The molecule has 5 rings (SSSR count). The zero-order valence-corrected chi connectivity index (χ0v) is 21.7. The van der Waals surface area contributed by atoms with Crippen LogP contribution in [0.2, 0.25) is 0 Å². The minimum atomic E-state index is -0.758. The molecule has 1 aromatic carbocycles. The molecule has 7 heteroatoms. The van der Waals surface area contributed by atoms with Gasteiger partial charge in [-0.05, 0) is 73.1 Å². The fraction of sp³-hybridized carbons (Fsp3) is 0.571. The average Bonchev–Trinajstić information content (AvgIpc) is 3.54. The molecule has 3 fully saturated rings. The third-order valence-electron chi connectivity index (χ3n) is 7.61. The Morgan fingerprint density at radius 1 is 1.09 bits per heavy atom. The second-order valence-corrected chi connectivity index (χ2v) is 11.9. The molecule has 2 amide bonds. The van der Waals surface area contributed by atoms with Crippen LogP contribution in [0, 0.1) is 11.8 Å². The predicted octanol–water partition coefficient (Wildman–Crippen LogP) is 4.44. The lowest BCUT2D eigenvalue weighted by atomic mass is 9.80. The smallest absolute Gasteiger partial charge is 0.246 e. The average molecular weight is 496 g/mol. The van der Waals surface area contributed by atoms with Gasteiger partial charge < -0.3 is 15.0 Å². The quantitative estimate of drug-likeness (QED) is 0.559. The molecule has 1 saturated carbocycles. The van der Waals surface area contributed by atoms with Gasteiger partial charge in [-0.15, -0.1) is 11.3 Å². The lowest BCUT2D eigenvalue weighted by molar-refractivity contribution is -0.162. The second kappa shape index (κ2) is 10.3. The summed E-state index contributed by atoms with van der Waals surface area (Å²) in [6, 6.07) is 12.1. The molecule has 2 aromatic rings. The van der Waals surface area contributed by atoms with Crippen molar-refractivity contribution in [2.75, 3.05) is 19.7 Å². The van der Waals surface area contributed by atoms with Crippen molar-refractivity contribution >= 4 is 23.2 Å². The topological polar surface area (TPSA) is 61.9 Å². The first kappa shape index (κ1) is 24.3. The van der Waals surface area contributed by atoms with Crippen molar-refractivity contribution in [3.05, 3.63) is 52.2 Å². The molecule has 3 heterocycles. The van der Waals surface area contributed by atoms with E-state index >= 15 is 0 Å². The molecule has 2 aliphatic heterocycles. The minimum Gasteiger partial charge on any atom is -0.493 e. The van der Waals surface area contributed by atoms with Gasteiger partial charge in [-0.2, -0.15) is 0 Å². The van der Waals surface area contributed by atoms with Crippen LogP contribution < -0.4 is 10.1 Å². The number of hydrogen-bond donors (Lipinski definition) is 1. The Kier molecular flexibility index (Phi) is 7.17. The summed E-state index contributed by atoms with van der Waals surface area (Å²) in [6.45, 7) is 7.95. The van der Waals surface area contributed by atoms with Crippen LogP contribution in [0.5, 0.6) is 5.75 Å². The summed E-state index contributed by atoms with van der Waals surface area (Å²) in [7, 11) is 0. The maximum absolute atomic E-state index is 13.6. The molecule has 1 aliphatic carbocycles. The molecule has 35 heavy (non-hydrogen) atoms. The number of likely N-dealkylation sites (tertiary alicyclic amines) is 1. The van der Waals surface area contributed by atoms with E-state index in [9.17, 15) is 9.59 Å². The van der Waals surface area contributed by atoms with E-state index < -0.39 is 11.6 Å². The number of carbonyl (C=O) groups excluding carboxylic acids is 2. The van der Waals surface area contributed by atoms with E-state index in [4.69, 9.17) is 4.74 Å². The fourth-order valence-corrected chi connectivity index (χ4v) is 6.01. The molecule has 188 valence electrons. The van der Waals surface area contributed by atoms with Crippen molar-refractivity contribution in [2.45, 2.75) is 70.6 Å². The van der Waals surface area contributed by atoms with Crippen molar-refractivity contribution < 1.29 is 14.3 Å². The Bertz CT molecular complexity index is 1010. The molecule has 1 aromatic heterocycles. The maximum Gasteiger partial charge on any atom is 0.246 e. The molecule has 2 saturated heterocycles. The lowest BCUT2D eigenvalue weighted by Gasteiger charge is -2.51. The number of nitrogens with zero attached hydrogens (tertiary/aromatic N) is 2. The van der Waals surface area contributed by atoms with E-state index in [0.29, 0.717) is 31.7 Å². The maximum atomic E-state index is 13.6. The number of nitrogens with one attached hydrogen (secondary N) is 1. The molecule has 1 unspecified atom stereocenters. The third-order valence-corrected chi connectivity index (χ3v) is 8.47. The summed E-state index contributed by atoms with van der Waals surface area (Å²) in [4.78, 5) is 32.6. The van der Waals surface area contributed by atoms with Crippen LogP contribution in [0.4, 0.5) is 0 Å². The van der Waals surface area contributed by atoms with Crippen LogP contribution in [0.3, 0.4) is 0 Å². The summed E-state index contributed by atoms with van der Waals surface area (Å²) in [6.07, 6.45) is 4.58. The van der Waals surface area contributed by atoms with Gasteiger partial charge in [0.2, 0.25) is 11.8 Å². The largest absolute Gasteiger partial charge is 0.493 e. The normalized spacial score (nSPS) is 22.6. The molecule has 1 atom stereocenters. The van der Waals surface area contributed by atoms with Gasteiger partial charge in [-0.1, -0.05) is 32.0 Å². The number of carbonyl (C=O) groups is 2. The van der Waals surface area contributed by atoms with E-state index in [1.807, 2.05) is 16.3 Å². The Morgan fingerprint density at radius 3 is 2.46 bits per heavy atom. The monoisotopic (exact) mass is 495 g/mol. The molecule has 6 nitrogen and oxygen atoms in total. The lowest BCUT2D eigenvalue weighted by Crippen LogP contribution is -2.72. The summed E-state index contributed by atoms with van der Waals surface area (Å²) in [5, 5.41) is 5.14. The van der Waals surface area contributed by atoms with E-state index in [0.717, 1.165) is 42.8 Å². The summed E-state index contributed by atoms with van der Waals surface area (Å²) >= 11 is 1.65. The van der Waals surface area contributed by atoms with Crippen LogP contribution in [0.15, 0.2) is 41.8 Å². The number of piperazine rings is 1. The molecule has 0 bridgehead atoms. The van der Waals surface area contributed by atoms with Crippen LogP contribution in [0.25, 0.3) is 0 Å². The number of ether oxygens (including phenoxy) is 1. The second-order valence-electron chi connectivity index (χ2n) is 10.9. The van der Waals surface area contributed by atoms with Crippen LogP contribution in [-0.4, -0.2) is 52.9 Å². The first-order chi connectivity index (χ1) is 16.9. The Labute approximate surface area is 212 Å². The fourth-order valence-electron chi connectivity index (χ4n) is 5.32. The highest BCUT2D eigenvalue weighted by Crippen LogP contribution is 2.36. The van der Waals surface area contributed by atoms with Crippen LogP contribution in [-0.2, 0) is 22.7 Å². The van der Waals surface area contributed by atoms with Crippen molar-refractivity contribution in [1.29, 1.82) is 0 Å². The minimum absolute atomic E-state index is 0.0242. The van der Waals surface area contributed by atoms with Gasteiger partial charge in [0, 0.05) is 24.5 Å². The summed E-state index contributed by atoms with van der Waals surface area (Å²) in [5.74, 6) is 2.13. The highest BCUT2D eigenvalue weighted by molar-refractivity contribution is 7.09. The number of benzene rings is 1. The molecule has 1 spiro atoms. The number of piperidine rings is 1. The predicted molar refractivity (Wildman–Crippen MR) is 138 cm³/mol. The SMILES string of the molecule is CC(C)CC1NC(=O)C2(CCN(Cc3ccc(OCC4CC4)cc3)CC2)N(Cc2cccs2)C1=O. The summed E-state index contributed by atoms with van der Waals surface area (Å²) < 4.78 is 5.86. The number of hydrogen-bond acceptors (Lipinski definition) is 5. The highest BCUT2D eigenvalue weighted by Gasteiger charge is 2.53. The van der Waals surface area contributed by atoms with E-state index in [1.165, 1.54) is 18.4 Å². The van der Waals surface area contributed by atoms with E-state index in [1.54, 1.807) is 11.3 Å². The number of rotatable bonds is 9. The van der Waals surface area contributed by atoms with Crippen molar-refractivity contribution in [3.63, 3.8) is 0 Å². The molecule has 0 radical (unpaired) electrons. The van der Waals surface area contributed by atoms with Gasteiger partial charge >= 0.3 is 0 Å².